The van der Waals surface area contributed by atoms with Crippen LogP contribution in [-0.2, 0) is 17.6 Å². The van der Waals surface area contributed by atoms with E-state index in [-0.39, 0.29) is 11.2 Å². The second-order valence-corrected chi connectivity index (χ2v) is 7.75. The monoisotopic (exact) mass is 351 g/mol. The van der Waals surface area contributed by atoms with E-state index in [0.717, 1.165) is 48.3 Å². The number of carboxylic acids is 1. The van der Waals surface area contributed by atoms with Crippen molar-refractivity contribution in [3.8, 4) is 0 Å². The molecule has 23 heavy (non-hydrogen) atoms. The van der Waals surface area contributed by atoms with E-state index in [2.05, 4.69) is 14.9 Å². The summed E-state index contributed by atoms with van der Waals surface area (Å²) >= 11 is 7.87. The van der Waals surface area contributed by atoms with Gasteiger partial charge >= 0.3 is 5.97 Å². The number of hydrogen-bond acceptors (Lipinski definition) is 5. The molecule has 5 nitrogen and oxygen atoms in total. The quantitative estimate of drug-likeness (QED) is 0.838. The van der Waals surface area contributed by atoms with Crippen molar-refractivity contribution >= 4 is 44.9 Å². The molecule has 1 unspecified atom stereocenters. The SMILES string of the molecule is O=C(O)C1CCCN(c2nc(Cl)nc3sc4c(c23)CCCC4)C1. The lowest BCUT2D eigenvalue weighted by Gasteiger charge is -2.32. The summed E-state index contributed by atoms with van der Waals surface area (Å²) in [5.74, 6) is -0.217. The zero-order valence-corrected chi connectivity index (χ0v) is 14.3. The van der Waals surface area contributed by atoms with Crippen LogP contribution in [0.15, 0.2) is 0 Å². The highest BCUT2D eigenvalue weighted by molar-refractivity contribution is 7.19. The first-order chi connectivity index (χ1) is 11.1. The first kappa shape index (κ1) is 15.1. The summed E-state index contributed by atoms with van der Waals surface area (Å²) in [5, 5.41) is 10.7. The molecule has 1 aliphatic carbocycles. The molecule has 2 aromatic heterocycles. The third kappa shape index (κ3) is 2.68. The van der Waals surface area contributed by atoms with Gasteiger partial charge in [-0.3, -0.25) is 4.79 Å². The number of carbonyl (C=O) groups is 1. The maximum Gasteiger partial charge on any atom is 0.308 e. The molecule has 0 aromatic carbocycles. The number of halogens is 1. The first-order valence-electron chi connectivity index (χ1n) is 8.09. The molecule has 1 N–H and O–H groups in total. The Bertz CT molecular complexity index is 776. The van der Waals surface area contributed by atoms with E-state index in [1.54, 1.807) is 11.3 Å². The van der Waals surface area contributed by atoms with Crippen LogP contribution < -0.4 is 4.90 Å². The molecule has 4 rings (SSSR count). The van der Waals surface area contributed by atoms with Gasteiger partial charge < -0.3 is 10.0 Å². The normalized spacial score (nSPS) is 21.4. The molecule has 7 heteroatoms. The molecule has 3 heterocycles. The van der Waals surface area contributed by atoms with Crippen LogP contribution >= 0.6 is 22.9 Å². The number of carboxylic acid groups (broad SMARTS) is 1. The van der Waals surface area contributed by atoms with Crippen LogP contribution in [0.25, 0.3) is 10.2 Å². The van der Waals surface area contributed by atoms with Gasteiger partial charge in [0, 0.05) is 18.0 Å². The van der Waals surface area contributed by atoms with Crippen molar-refractivity contribution < 1.29 is 9.90 Å². The number of aromatic nitrogens is 2. The van der Waals surface area contributed by atoms with E-state index in [0.29, 0.717) is 6.54 Å². The lowest BCUT2D eigenvalue weighted by molar-refractivity contribution is -0.141. The zero-order valence-electron chi connectivity index (χ0n) is 12.7. The number of nitrogens with zero attached hydrogens (tertiary/aromatic N) is 3. The predicted octanol–water partition coefficient (Wildman–Crippen LogP) is 3.52. The molecule has 0 saturated carbocycles. The van der Waals surface area contributed by atoms with Gasteiger partial charge in [0.25, 0.3) is 0 Å². The van der Waals surface area contributed by atoms with Crippen LogP contribution in [0, 0.1) is 5.92 Å². The van der Waals surface area contributed by atoms with Crippen molar-refractivity contribution in [1.82, 2.24) is 9.97 Å². The molecule has 122 valence electrons. The summed E-state index contributed by atoms with van der Waals surface area (Å²) in [6.45, 7) is 1.33. The molecule has 2 aromatic rings. The average molecular weight is 352 g/mol. The summed E-state index contributed by atoms with van der Waals surface area (Å²) in [6, 6.07) is 0. The zero-order chi connectivity index (χ0) is 16.0. The third-order valence-electron chi connectivity index (χ3n) is 4.84. The highest BCUT2D eigenvalue weighted by Crippen LogP contribution is 2.41. The van der Waals surface area contributed by atoms with Gasteiger partial charge in [0.15, 0.2) is 0 Å². The summed E-state index contributed by atoms with van der Waals surface area (Å²) < 4.78 is 0. The van der Waals surface area contributed by atoms with Gasteiger partial charge in [0.2, 0.25) is 5.28 Å². The fourth-order valence-corrected chi connectivity index (χ4v) is 5.18. The Morgan fingerprint density at radius 2 is 2.09 bits per heavy atom. The Morgan fingerprint density at radius 3 is 2.91 bits per heavy atom. The Balaban J connectivity index is 1.82. The van der Waals surface area contributed by atoms with E-state index in [4.69, 9.17) is 11.6 Å². The van der Waals surface area contributed by atoms with Crippen LogP contribution in [0.5, 0.6) is 0 Å². The number of aliphatic carboxylic acids is 1. The van der Waals surface area contributed by atoms with Crippen LogP contribution in [-0.4, -0.2) is 34.1 Å². The molecule has 1 fully saturated rings. The minimum absolute atomic E-state index is 0.253. The molecule has 0 spiro atoms. The molecular weight excluding hydrogens is 334 g/mol. The van der Waals surface area contributed by atoms with Gasteiger partial charge in [-0.05, 0) is 55.7 Å². The van der Waals surface area contributed by atoms with Crippen LogP contribution in [0.2, 0.25) is 5.28 Å². The summed E-state index contributed by atoms with van der Waals surface area (Å²) in [4.78, 5) is 24.7. The van der Waals surface area contributed by atoms with Crippen molar-refractivity contribution in [2.75, 3.05) is 18.0 Å². The first-order valence-corrected chi connectivity index (χ1v) is 9.28. The van der Waals surface area contributed by atoms with Crippen molar-refractivity contribution in [3.05, 3.63) is 15.7 Å². The Hall–Kier alpha value is -1.40. The molecule has 0 radical (unpaired) electrons. The van der Waals surface area contributed by atoms with Crippen LogP contribution in [0.4, 0.5) is 5.82 Å². The average Bonchev–Trinajstić information content (AvgIpc) is 2.92. The number of piperidine rings is 1. The maximum atomic E-state index is 11.4. The molecule has 2 aliphatic rings. The summed E-state index contributed by atoms with van der Waals surface area (Å²) in [5.41, 5.74) is 1.36. The maximum absolute atomic E-state index is 11.4. The van der Waals surface area contributed by atoms with E-state index >= 15 is 0 Å². The second kappa shape index (κ2) is 5.91. The van der Waals surface area contributed by atoms with Gasteiger partial charge in [0.1, 0.15) is 10.6 Å². The fourth-order valence-electron chi connectivity index (χ4n) is 3.71. The standard InChI is InChI=1S/C16H18ClN3O2S/c17-16-18-13(20-7-3-4-9(8-20)15(21)22)12-10-5-1-2-6-11(10)23-14(12)19-16/h9H,1-8H2,(H,21,22). The number of rotatable bonds is 2. The summed E-state index contributed by atoms with van der Waals surface area (Å²) in [7, 11) is 0. The van der Waals surface area contributed by atoms with E-state index < -0.39 is 5.97 Å². The number of aryl methyl sites for hydroxylation is 2. The lowest BCUT2D eigenvalue weighted by atomic mass is 9.95. The van der Waals surface area contributed by atoms with Crippen molar-refractivity contribution in [2.24, 2.45) is 5.92 Å². The van der Waals surface area contributed by atoms with Gasteiger partial charge in [-0.25, -0.2) is 4.98 Å². The van der Waals surface area contributed by atoms with E-state index in [1.807, 2.05) is 0 Å². The molecular formula is C16H18ClN3O2S. The lowest BCUT2D eigenvalue weighted by Crippen LogP contribution is -2.39. The largest absolute Gasteiger partial charge is 0.481 e. The number of fused-ring (bicyclic) bond motifs is 3. The van der Waals surface area contributed by atoms with Crippen LogP contribution in [0.1, 0.15) is 36.1 Å². The molecule has 1 saturated heterocycles. The minimum Gasteiger partial charge on any atom is -0.481 e. The van der Waals surface area contributed by atoms with Crippen molar-refractivity contribution in [3.63, 3.8) is 0 Å². The minimum atomic E-state index is -0.724. The highest BCUT2D eigenvalue weighted by atomic mass is 35.5. The molecule has 0 amide bonds. The second-order valence-electron chi connectivity index (χ2n) is 6.33. The van der Waals surface area contributed by atoms with E-state index in [1.165, 1.54) is 23.3 Å². The fraction of sp³-hybridized carbons (Fsp3) is 0.562. The van der Waals surface area contributed by atoms with Gasteiger partial charge in [-0.15, -0.1) is 11.3 Å². The number of thiophene rings is 1. The number of anilines is 1. The molecule has 0 bridgehead atoms. The van der Waals surface area contributed by atoms with E-state index in [9.17, 15) is 9.90 Å². The Kier molecular flexibility index (Phi) is 3.89. The third-order valence-corrected chi connectivity index (χ3v) is 6.19. The predicted molar refractivity (Wildman–Crippen MR) is 91.6 cm³/mol. The van der Waals surface area contributed by atoms with Gasteiger partial charge in [-0.1, -0.05) is 0 Å². The van der Waals surface area contributed by atoms with Crippen molar-refractivity contribution in [2.45, 2.75) is 38.5 Å². The number of hydrogen-bond donors (Lipinski definition) is 1. The molecule has 1 aliphatic heterocycles. The Labute approximate surface area is 143 Å². The van der Waals surface area contributed by atoms with Gasteiger partial charge in [-0.2, -0.15) is 4.98 Å². The topological polar surface area (TPSA) is 66.3 Å². The smallest absolute Gasteiger partial charge is 0.308 e. The van der Waals surface area contributed by atoms with Crippen LogP contribution in [0.3, 0.4) is 0 Å². The highest BCUT2D eigenvalue weighted by Gasteiger charge is 2.29. The van der Waals surface area contributed by atoms with Crippen molar-refractivity contribution in [1.29, 1.82) is 0 Å². The molecule has 1 atom stereocenters. The Morgan fingerprint density at radius 1 is 1.26 bits per heavy atom. The summed E-state index contributed by atoms with van der Waals surface area (Å²) in [6.07, 6.45) is 6.18. The van der Waals surface area contributed by atoms with Gasteiger partial charge in [0.05, 0.1) is 11.3 Å².